The average Bonchev–Trinajstić information content (AvgIpc) is 3.10. The number of hydrogen-bond acceptors (Lipinski definition) is 4. The highest BCUT2D eigenvalue weighted by Gasteiger charge is 2.51. The molecule has 1 atom stereocenters. The smallest absolute Gasteiger partial charge is 0.355 e. The van der Waals surface area contributed by atoms with Crippen molar-refractivity contribution < 1.29 is 19.1 Å². The molecule has 7 nitrogen and oxygen atoms in total. The van der Waals surface area contributed by atoms with Crippen LogP contribution in [-0.4, -0.2) is 34.5 Å². The van der Waals surface area contributed by atoms with E-state index in [1.165, 1.54) is 26.2 Å². The Bertz CT molecular complexity index is 943. The van der Waals surface area contributed by atoms with Crippen LogP contribution in [0.1, 0.15) is 55.9 Å². The van der Waals surface area contributed by atoms with E-state index < -0.39 is 24.0 Å². The normalized spacial score (nSPS) is 30.1. The molecule has 4 saturated carbocycles. The zero-order valence-electron chi connectivity index (χ0n) is 17.1. The van der Waals surface area contributed by atoms with E-state index in [1.807, 2.05) is 24.3 Å². The Kier molecular flexibility index (Phi) is 4.56. The fraction of sp³-hybridized carbons (Fsp3) is 0.522. The molecule has 4 aliphatic rings. The summed E-state index contributed by atoms with van der Waals surface area (Å²) in [5.41, 5.74) is 0.911. The van der Waals surface area contributed by atoms with Crippen LogP contribution in [0.3, 0.4) is 0 Å². The number of imide groups is 1. The molecule has 4 bridgehead atoms. The molecule has 0 saturated heterocycles. The molecule has 0 aliphatic heterocycles. The first-order valence-electron chi connectivity index (χ1n) is 10.8. The minimum atomic E-state index is -1.08. The second-order valence-electron chi connectivity index (χ2n) is 9.46. The second-order valence-corrected chi connectivity index (χ2v) is 9.46. The molecule has 4 aliphatic carbocycles. The van der Waals surface area contributed by atoms with Crippen molar-refractivity contribution in [1.82, 2.24) is 15.6 Å². The van der Waals surface area contributed by atoms with Gasteiger partial charge < -0.3 is 15.0 Å². The molecule has 3 amide bonds. The van der Waals surface area contributed by atoms with Crippen molar-refractivity contribution in [2.45, 2.75) is 57.1 Å². The molecule has 2 aromatic rings. The summed E-state index contributed by atoms with van der Waals surface area (Å²) in [6, 6.07) is 8.68. The van der Waals surface area contributed by atoms with Gasteiger partial charge in [0.25, 0.3) is 5.91 Å². The minimum Gasteiger partial charge on any atom is -0.448 e. The van der Waals surface area contributed by atoms with Gasteiger partial charge in [-0.15, -0.1) is 0 Å². The van der Waals surface area contributed by atoms with Crippen molar-refractivity contribution in [2.75, 3.05) is 0 Å². The maximum absolute atomic E-state index is 12.5. The zero-order valence-corrected chi connectivity index (χ0v) is 17.1. The third kappa shape index (κ3) is 3.57. The number of aromatic nitrogens is 1. The van der Waals surface area contributed by atoms with Gasteiger partial charge in [-0.3, -0.25) is 10.1 Å². The highest BCUT2D eigenvalue weighted by atomic mass is 16.5. The second kappa shape index (κ2) is 7.15. The predicted molar refractivity (Wildman–Crippen MR) is 111 cm³/mol. The van der Waals surface area contributed by atoms with Crippen LogP contribution in [0, 0.1) is 17.8 Å². The van der Waals surface area contributed by atoms with Crippen molar-refractivity contribution in [3.8, 4) is 0 Å². The van der Waals surface area contributed by atoms with Gasteiger partial charge in [0.15, 0.2) is 6.10 Å². The predicted octanol–water partition coefficient (Wildman–Crippen LogP) is 3.51. The SMILES string of the molecule is C[C@H](OC(=O)c1cc2ccccc2[nH]1)C(=O)NC(=O)NC12CC3CC(CC(C3)C1)C2. The van der Waals surface area contributed by atoms with Gasteiger partial charge in [0, 0.05) is 16.4 Å². The number of urea groups is 1. The molecule has 0 unspecified atom stereocenters. The fourth-order valence-electron chi connectivity index (χ4n) is 6.21. The number of esters is 1. The molecule has 1 aromatic carbocycles. The van der Waals surface area contributed by atoms with E-state index in [2.05, 4.69) is 15.6 Å². The quantitative estimate of drug-likeness (QED) is 0.673. The van der Waals surface area contributed by atoms with E-state index in [0.717, 1.165) is 30.2 Å². The van der Waals surface area contributed by atoms with Gasteiger partial charge in [0.1, 0.15) is 5.69 Å². The van der Waals surface area contributed by atoms with Crippen molar-refractivity contribution in [1.29, 1.82) is 0 Å². The summed E-state index contributed by atoms with van der Waals surface area (Å²) in [5, 5.41) is 6.34. The van der Waals surface area contributed by atoms with Crippen molar-refractivity contribution in [2.24, 2.45) is 17.8 Å². The summed E-state index contributed by atoms with van der Waals surface area (Å²) in [6.07, 6.45) is 5.78. The monoisotopic (exact) mass is 409 g/mol. The molecule has 0 spiro atoms. The number of ether oxygens (including phenoxy) is 1. The lowest BCUT2D eigenvalue weighted by molar-refractivity contribution is -0.128. The van der Waals surface area contributed by atoms with Crippen LogP contribution in [0.2, 0.25) is 0 Å². The number of benzene rings is 1. The van der Waals surface area contributed by atoms with E-state index in [4.69, 9.17) is 4.74 Å². The maximum Gasteiger partial charge on any atom is 0.355 e. The largest absolute Gasteiger partial charge is 0.448 e. The highest BCUT2D eigenvalue weighted by molar-refractivity contribution is 5.99. The Morgan fingerprint density at radius 1 is 1.07 bits per heavy atom. The van der Waals surface area contributed by atoms with Crippen molar-refractivity contribution in [3.63, 3.8) is 0 Å². The summed E-state index contributed by atoms with van der Waals surface area (Å²) in [4.78, 5) is 40.3. The first kappa shape index (κ1) is 19.2. The van der Waals surface area contributed by atoms with Crippen LogP contribution in [0.15, 0.2) is 30.3 Å². The fourth-order valence-corrected chi connectivity index (χ4v) is 6.21. The van der Waals surface area contributed by atoms with Gasteiger partial charge in [0.05, 0.1) is 0 Å². The minimum absolute atomic E-state index is 0.177. The number of carbonyl (C=O) groups is 3. The highest BCUT2D eigenvalue weighted by Crippen LogP contribution is 2.55. The maximum atomic E-state index is 12.5. The number of carbonyl (C=O) groups excluding carboxylic acids is 3. The molecule has 1 aromatic heterocycles. The number of rotatable bonds is 4. The number of hydrogen-bond donors (Lipinski definition) is 3. The van der Waals surface area contributed by atoms with Crippen molar-refractivity contribution in [3.05, 3.63) is 36.0 Å². The summed E-state index contributed by atoms with van der Waals surface area (Å²) < 4.78 is 5.26. The number of fused-ring (bicyclic) bond motifs is 1. The topological polar surface area (TPSA) is 100 Å². The van der Waals surface area contributed by atoms with Gasteiger partial charge in [-0.2, -0.15) is 0 Å². The lowest BCUT2D eigenvalue weighted by Gasteiger charge is -2.56. The summed E-state index contributed by atoms with van der Waals surface area (Å²) in [7, 11) is 0. The Labute approximate surface area is 174 Å². The van der Waals surface area contributed by atoms with Gasteiger partial charge in [-0.25, -0.2) is 9.59 Å². The number of H-pyrrole nitrogens is 1. The van der Waals surface area contributed by atoms with E-state index in [-0.39, 0.29) is 11.2 Å². The third-order valence-electron chi connectivity index (χ3n) is 7.06. The molecule has 158 valence electrons. The standard InChI is InChI=1S/C23H27N3O4/c1-13(30-21(28)19-9-17-4-2-3-5-18(17)24-19)20(27)25-22(29)26-23-10-14-6-15(11-23)8-16(7-14)12-23/h2-5,9,13-16,24H,6-8,10-12H2,1H3,(H2,25,26,27,29)/t13-,14?,15?,16?,23?/m0/s1. The van der Waals surface area contributed by atoms with E-state index in [1.54, 1.807) is 6.07 Å². The van der Waals surface area contributed by atoms with E-state index >= 15 is 0 Å². The molecule has 0 radical (unpaired) electrons. The first-order chi connectivity index (χ1) is 14.4. The molecule has 6 rings (SSSR count). The molecule has 1 heterocycles. The number of para-hydroxylation sites is 1. The molecule has 4 fully saturated rings. The van der Waals surface area contributed by atoms with E-state index in [9.17, 15) is 14.4 Å². The number of nitrogens with one attached hydrogen (secondary N) is 3. The Morgan fingerprint density at radius 2 is 1.70 bits per heavy atom. The third-order valence-corrected chi connectivity index (χ3v) is 7.06. The Hall–Kier alpha value is -2.83. The van der Waals surface area contributed by atoms with E-state index in [0.29, 0.717) is 17.8 Å². The van der Waals surface area contributed by atoms with Crippen LogP contribution in [-0.2, 0) is 9.53 Å². The molecule has 3 N–H and O–H groups in total. The van der Waals surface area contributed by atoms with Crippen LogP contribution in [0.5, 0.6) is 0 Å². The van der Waals surface area contributed by atoms with Crippen molar-refractivity contribution >= 4 is 28.8 Å². The first-order valence-corrected chi connectivity index (χ1v) is 10.8. The molecule has 30 heavy (non-hydrogen) atoms. The summed E-state index contributed by atoms with van der Waals surface area (Å²) in [5.74, 6) is 0.840. The van der Waals surface area contributed by atoms with Crippen LogP contribution < -0.4 is 10.6 Å². The van der Waals surface area contributed by atoms with Crippen LogP contribution in [0.4, 0.5) is 4.79 Å². The Morgan fingerprint density at radius 3 is 2.33 bits per heavy atom. The summed E-state index contributed by atoms with van der Waals surface area (Å²) in [6.45, 7) is 1.47. The lowest BCUT2D eigenvalue weighted by Crippen LogP contribution is -2.62. The number of amides is 3. The number of aromatic amines is 1. The Balaban J connectivity index is 1.17. The summed E-state index contributed by atoms with van der Waals surface area (Å²) >= 11 is 0. The average molecular weight is 409 g/mol. The van der Waals surface area contributed by atoms with Gasteiger partial charge in [-0.1, -0.05) is 18.2 Å². The van der Waals surface area contributed by atoms with Crippen LogP contribution in [0.25, 0.3) is 10.9 Å². The van der Waals surface area contributed by atoms with Gasteiger partial charge >= 0.3 is 12.0 Å². The molecule has 7 heteroatoms. The molecular weight excluding hydrogens is 382 g/mol. The molecular formula is C23H27N3O4. The zero-order chi connectivity index (χ0) is 20.9. The van der Waals surface area contributed by atoms with Gasteiger partial charge in [0.2, 0.25) is 0 Å². The lowest BCUT2D eigenvalue weighted by atomic mass is 9.53. The van der Waals surface area contributed by atoms with Gasteiger partial charge in [-0.05, 0) is 75.3 Å². The van der Waals surface area contributed by atoms with Crippen LogP contribution >= 0.6 is 0 Å².